The molecule has 0 atom stereocenters. The number of carbonyl (C=O) groups is 1. The first-order valence-electron chi connectivity index (χ1n) is 5.33. The van der Waals surface area contributed by atoms with Gasteiger partial charge in [-0.2, -0.15) is 0 Å². The fourth-order valence-corrected chi connectivity index (χ4v) is 2.22. The third kappa shape index (κ3) is 4.67. The number of unbranched alkanes of at least 4 members (excludes halogenated alkanes) is 2. The molecule has 0 aliphatic carbocycles. The molecule has 0 bridgehead atoms. The average molecular weight is 242 g/mol. The van der Waals surface area contributed by atoms with E-state index in [1.165, 1.54) is 0 Å². The molecule has 1 aromatic rings. The van der Waals surface area contributed by atoms with Crippen molar-refractivity contribution in [3.63, 3.8) is 0 Å². The third-order valence-corrected chi connectivity index (χ3v) is 3.36. The number of hydrazine groups is 1. The molecule has 0 aromatic carbocycles. The Kier molecular flexibility index (Phi) is 5.95. The molecule has 1 aromatic heterocycles. The standard InChI is InChI=1S/C10H18N4OS/c1-14-7-6-12-10(14)16-8-4-2-3-5-9(15)13-11/h6-7H,2-5,8,11H2,1H3,(H,13,15). The fourth-order valence-electron chi connectivity index (χ4n) is 1.29. The minimum Gasteiger partial charge on any atom is -0.329 e. The zero-order valence-electron chi connectivity index (χ0n) is 9.48. The van der Waals surface area contributed by atoms with Gasteiger partial charge in [-0.1, -0.05) is 18.2 Å². The van der Waals surface area contributed by atoms with Gasteiger partial charge >= 0.3 is 0 Å². The van der Waals surface area contributed by atoms with Crippen molar-refractivity contribution in [1.82, 2.24) is 15.0 Å². The number of thioether (sulfide) groups is 1. The van der Waals surface area contributed by atoms with E-state index >= 15 is 0 Å². The van der Waals surface area contributed by atoms with E-state index in [1.54, 1.807) is 18.0 Å². The van der Waals surface area contributed by atoms with Gasteiger partial charge in [0.1, 0.15) is 0 Å². The zero-order valence-corrected chi connectivity index (χ0v) is 10.3. The van der Waals surface area contributed by atoms with Crippen LogP contribution in [-0.2, 0) is 11.8 Å². The van der Waals surface area contributed by atoms with Crippen molar-refractivity contribution in [3.05, 3.63) is 12.4 Å². The Labute approximate surface area is 99.8 Å². The van der Waals surface area contributed by atoms with Crippen LogP contribution < -0.4 is 11.3 Å². The molecule has 90 valence electrons. The number of hydrogen-bond donors (Lipinski definition) is 2. The summed E-state index contributed by atoms with van der Waals surface area (Å²) in [7, 11) is 1.99. The molecule has 1 amide bonds. The van der Waals surface area contributed by atoms with E-state index in [-0.39, 0.29) is 5.91 Å². The zero-order chi connectivity index (χ0) is 11.8. The van der Waals surface area contributed by atoms with E-state index in [9.17, 15) is 4.79 Å². The molecule has 5 nitrogen and oxygen atoms in total. The second-order valence-electron chi connectivity index (χ2n) is 3.55. The van der Waals surface area contributed by atoms with Crippen LogP contribution in [0.2, 0.25) is 0 Å². The molecule has 16 heavy (non-hydrogen) atoms. The fraction of sp³-hybridized carbons (Fsp3) is 0.600. The van der Waals surface area contributed by atoms with Crippen LogP contribution in [0, 0.1) is 0 Å². The lowest BCUT2D eigenvalue weighted by atomic mass is 10.2. The quantitative estimate of drug-likeness (QED) is 0.246. The second-order valence-corrected chi connectivity index (χ2v) is 4.61. The Hall–Kier alpha value is -1.01. The number of amides is 1. The summed E-state index contributed by atoms with van der Waals surface area (Å²) in [5.41, 5.74) is 2.13. The third-order valence-electron chi connectivity index (χ3n) is 2.22. The lowest BCUT2D eigenvalue weighted by molar-refractivity contribution is -0.121. The smallest absolute Gasteiger partial charge is 0.233 e. The first-order valence-corrected chi connectivity index (χ1v) is 6.32. The van der Waals surface area contributed by atoms with Crippen LogP contribution in [0.3, 0.4) is 0 Å². The summed E-state index contributed by atoms with van der Waals surface area (Å²) in [6, 6.07) is 0. The van der Waals surface area contributed by atoms with Crippen molar-refractivity contribution in [1.29, 1.82) is 0 Å². The monoisotopic (exact) mass is 242 g/mol. The van der Waals surface area contributed by atoms with Crippen LogP contribution >= 0.6 is 11.8 Å². The van der Waals surface area contributed by atoms with Gasteiger partial charge in [0.2, 0.25) is 5.91 Å². The highest BCUT2D eigenvalue weighted by molar-refractivity contribution is 7.99. The number of imidazole rings is 1. The van der Waals surface area contributed by atoms with Crippen molar-refractivity contribution in [2.45, 2.75) is 30.8 Å². The number of aryl methyl sites for hydroxylation is 1. The van der Waals surface area contributed by atoms with Gasteiger partial charge in [-0.15, -0.1) is 0 Å². The summed E-state index contributed by atoms with van der Waals surface area (Å²) in [6.07, 6.45) is 7.29. The number of carbonyl (C=O) groups excluding carboxylic acids is 1. The number of aromatic nitrogens is 2. The van der Waals surface area contributed by atoms with E-state index in [2.05, 4.69) is 10.4 Å². The highest BCUT2D eigenvalue weighted by atomic mass is 32.2. The summed E-state index contributed by atoms with van der Waals surface area (Å²) in [5.74, 6) is 5.93. The molecule has 1 rings (SSSR count). The van der Waals surface area contributed by atoms with Crippen LogP contribution in [0.15, 0.2) is 17.6 Å². The maximum atomic E-state index is 10.8. The van der Waals surface area contributed by atoms with Gasteiger partial charge in [-0.25, -0.2) is 10.8 Å². The predicted octanol–water partition coefficient (Wildman–Crippen LogP) is 1.06. The Morgan fingerprint density at radius 2 is 2.38 bits per heavy atom. The first-order chi connectivity index (χ1) is 7.74. The Morgan fingerprint density at radius 3 is 3.00 bits per heavy atom. The molecule has 3 N–H and O–H groups in total. The molecule has 0 unspecified atom stereocenters. The van der Waals surface area contributed by atoms with Gasteiger partial charge in [0.05, 0.1) is 0 Å². The molecule has 1 heterocycles. The molecule has 0 saturated carbocycles. The molecule has 0 spiro atoms. The minimum absolute atomic E-state index is 0.0863. The molecule has 0 radical (unpaired) electrons. The number of nitrogens with zero attached hydrogens (tertiary/aromatic N) is 2. The van der Waals surface area contributed by atoms with Gasteiger partial charge in [0.15, 0.2) is 5.16 Å². The molecule has 0 saturated heterocycles. The molecular weight excluding hydrogens is 224 g/mol. The maximum Gasteiger partial charge on any atom is 0.233 e. The molecule has 0 aliphatic heterocycles. The topological polar surface area (TPSA) is 72.9 Å². The highest BCUT2D eigenvalue weighted by Gasteiger charge is 2.00. The summed E-state index contributed by atoms with van der Waals surface area (Å²) in [5, 5.41) is 1.04. The second kappa shape index (κ2) is 7.29. The average Bonchev–Trinajstić information content (AvgIpc) is 2.69. The van der Waals surface area contributed by atoms with E-state index in [4.69, 9.17) is 5.84 Å². The van der Waals surface area contributed by atoms with Crippen molar-refractivity contribution < 1.29 is 4.79 Å². The van der Waals surface area contributed by atoms with Gasteiger partial charge in [-0.3, -0.25) is 10.2 Å². The van der Waals surface area contributed by atoms with E-state index in [0.717, 1.165) is 30.2 Å². The predicted molar refractivity (Wildman–Crippen MR) is 64.7 cm³/mol. The number of nitrogens with two attached hydrogens (primary N) is 1. The van der Waals surface area contributed by atoms with Crippen LogP contribution in [-0.4, -0.2) is 21.2 Å². The van der Waals surface area contributed by atoms with E-state index in [0.29, 0.717) is 6.42 Å². The SMILES string of the molecule is Cn1ccnc1SCCCCCC(=O)NN. The largest absolute Gasteiger partial charge is 0.329 e. The number of hydrogen-bond acceptors (Lipinski definition) is 4. The van der Waals surface area contributed by atoms with Crippen molar-refractivity contribution in [2.75, 3.05) is 5.75 Å². The van der Waals surface area contributed by atoms with Crippen LogP contribution in [0.25, 0.3) is 0 Å². The Morgan fingerprint density at radius 1 is 1.56 bits per heavy atom. The van der Waals surface area contributed by atoms with Crippen molar-refractivity contribution in [3.8, 4) is 0 Å². The Bertz CT molecular complexity index is 326. The van der Waals surface area contributed by atoms with E-state index < -0.39 is 0 Å². The Balaban J connectivity index is 2.00. The van der Waals surface area contributed by atoms with Gasteiger partial charge in [0.25, 0.3) is 0 Å². The normalized spacial score (nSPS) is 10.4. The number of rotatable bonds is 7. The van der Waals surface area contributed by atoms with Crippen LogP contribution in [0.4, 0.5) is 0 Å². The maximum absolute atomic E-state index is 10.8. The lowest BCUT2D eigenvalue weighted by Crippen LogP contribution is -2.29. The van der Waals surface area contributed by atoms with Crippen molar-refractivity contribution in [2.24, 2.45) is 12.9 Å². The molecule has 6 heteroatoms. The molecular formula is C10H18N4OS. The summed E-state index contributed by atoms with van der Waals surface area (Å²) in [4.78, 5) is 15.0. The van der Waals surface area contributed by atoms with Gasteiger partial charge < -0.3 is 4.57 Å². The summed E-state index contributed by atoms with van der Waals surface area (Å²) in [6.45, 7) is 0. The minimum atomic E-state index is -0.0863. The van der Waals surface area contributed by atoms with Crippen LogP contribution in [0.5, 0.6) is 0 Å². The molecule has 0 aliphatic rings. The number of nitrogens with one attached hydrogen (secondary N) is 1. The highest BCUT2D eigenvalue weighted by Crippen LogP contribution is 2.16. The van der Waals surface area contributed by atoms with Crippen molar-refractivity contribution >= 4 is 17.7 Å². The van der Waals surface area contributed by atoms with Gasteiger partial charge in [0, 0.05) is 31.6 Å². The summed E-state index contributed by atoms with van der Waals surface area (Å²) >= 11 is 1.74. The molecule has 0 fully saturated rings. The van der Waals surface area contributed by atoms with E-state index in [1.807, 2.05) is 17.8 Å². The summed E-state index contributed by atoms with van der Waals surface area (Å²) < 4.78 is 2.01. The first kappa shape index (κ1) is 13.1. The van der Waals surface area contributed by atoms with Crippen LogP contribution in [0.1, 0.15) is 25.7 Å². The lowest BCUT2D eigenvalue weighted by Gasteiger charge is -2.02. The van der Waals surface area contributed by atoms with Gasteiger partial charge in [-0.05, 0) is 12.8 Å².